The highest BCUT2D eigenvalue weighted by Gasteiger charge is 2.22. The van der Waals surface area contributed by atoms with Crippen molar-refractivity contribution in [2.45, 2.75) is 264 Å². The van der Waals surface area contributed by atoms with Gasteiger partial charge in [0.25, 0.3) is 6.47 Å². The van der Waals surface area contributed by atoms with Crippen LogP contribution in [0.25, 0.3) is 0 Å². The van der Waals surface area contributed by atoms with Crippen LogP contribution in [0.15, 0.2) is 18.7 Å². The van der Waals surface area contributed by atoms with Gasteiger partial charge in [-0.15, -0.1) is 0 Å². The molecular formula is C53H99N3O7. The Bertz CT molecular complexity index is 1100. The molecule has 1 saturated heterocycles. The molecule has 1 aromatic heterocycles. The Hall–Kier alpha value is -2.46. The zero-order valence-electron chi connectivity index (χ0n) is 41.4. The minimum absolute atomic E-state index is 0.0127. The molecule has 0 saturated carbocycles. The Morgan fingerprint density at radius 3 is 1.70 bits per heavy atom. The van der Waals surface area contributed by atoms with Gasteiger partial charge in [-0.2, -0.15) is 0 Å². The molecule has 0 bridgehead atoms. The number of rotatable bonds is 45. The predicted molar refractivity (Wildman–Crippen MR) is 260 cm³/mol. The summed E-state index contributed by atoms with van der Waals surface area (Å²) in [6.45, 7) is 13.4. The number of likely N-dealkylation sites (tertiary alicyclic amines) is 1. The first kappa shape index (κ1) is 58.6. The Morgan fingerprint density at radius 2 is 1.13 bits per heavy atom. The standard InChI is InChI=1S/C27H49N3O3.C26H50O4/c1-2-3-4-5-6-7-8-9-13-22-33-27(31)15-11-10-12-18-29-20-16-26(24-29)32-23-14-19-30-21-17-28-25-30;1-3-5-7-9-12-16-20-25(21-17-13-10-8-6-4-2)30-26(28)22-18-14-11-15-19-23-29-24-27/h17,21,25-26H,2-16,18-20,22-24H2,1H3;24-25H,3-23H2,1-2H3. The maximum Gasteiger partial charge on any atom is 0.306 e. The first-order chi connectivity index (χ1) is 31.0. The number of carbonyl (C=O) groups excluding carboxylic acids is 3. The highest BCUT2D eigenvalue weighted by atomic mass is 16.5. The van der Waals surface area contributed by atoms with Crippen LogP contribution >= 0.6 is 0 Å². The maximum atomic E-state index is 12.3. The van der Waals surface area contributed by atoms with Crippen molar-refractivity contribution in [2.24, 2.45) is 0 Å². The largest absolute Gasteiger partial charge is 0.468 e. The number of nitrogens with zero attached hydrogens (tertiary/aromatic N) is 3. The molecule has 0 N–H and O–H groups in total. The zero-order chi connectivity index (χ0) is 45.5. The minimum atomic E-state index is -0.0140. The van der Waals surface area contributed by atoms with Crippen molar-refractivity contribution >= 4 is 18.4 Å². The zero-order valence-corrected chi connectivity index (χ0v) is 41.4. The van der Waals surface area contributed by atoms with Crippen molar-refractivity contribution in [3.63, 3.8) is 0 Å². The lowest BCUT2D eigenvalue weighted by Gasteiger charge is -2.18. The highest BCUT2D eigenvalue weighted by molar-refractivity contribution is 5.69. The molecule has 10 heteroatoms. The number of carbonyl (C=O) groups is 3. The summed E-state index contributed by atoms with van der Waals surface area (Å²) in [7, 11) is 0. The number of hydrogen-bond donors (Lipinski definition) is 0. The molecule has 63 heavy (non-hydrogen) atoms. The second-order valence-electron chi connectivity index (χ2n) is 18.3. The Labute approximate surface area is 387 Å². The third-order valence-corrected chi connectivity index (χ3v) is 12.3. The molecule has 0 amide bonds. The average Bonchev–Trinajstić information content (AvgIpc) is 3.99. The van der Waals surface area contributed by atoms with Crippen LogP contribution in [0.2, 0.25) is 0 Å². The topological polar surface area (TPSA) is 109 Å². The predicted octanol–water partition coefficient (Wildman–Crippen LogP) is 13.9. The number of aromatic nitrogens is 2. The van der Waals surface area contributed by atoms with Gasteiger partial charge in [-0.05, 0) is 77.2 Å². The third-order valence-electron chi connectivity index (χ3n) is 12.3. The van der Waals surface area contributed by atoms with Gasteiger partial charge in [0.1, 0.15) is 6.10 Å². The van der Waals surface area contributed by atoms with E-state index in [9.17, 15) is 14.4 Å². The number of imidazole rings is 1. The van der Waals surface area contributed by atoms with Crippen LogP contribution in [0.1, 0.15) is 245 Å². The van der Waals surface area contributed by atoms with Crippen molar-refractivity contribution in [3.8, 4) is 0 Å². The molecular weight excluding hydrogens is 791 g/mol. The molecule has 1 aliphatic heterocycles. The van der Waals surface area contributed by atoms with Crippen LogP contribution < -0.4 is 0 Å². The van der Waals surface area contributed by atoms with Gasteiger partial charge < -0.3 is 28.4 Å². The second kappa shape index (κ2) is 46.1. The van der Waals surface area contributed by atoms with E-state index in [1.807, 2.05) is 18.7 Å². The summed E-state index contributed by atoms with van der Waals surface area (Å²) in [6, 6.07) is 0. The van der Waals surface area contributed by atoms with Gasteiger partial charge in [0.15, 0.2) is 0 Å². The van der Waals surface area contributed by atoms with Gasteiger partial charge in [0.2, 0.25) is 0 Å². The molecule has 0 radical (unpaired) electrons. The van der Waals surface area contributed by atoms with Crippen molar-refractivity contribution in [3.05, 3.63) is 18.7 Å². The van der Waals surface area contributed by atoms with Crippen LogP contribution in [0, 0.1) is 0 Å². The molecule has 368 valence electrons. The molecule has 2 heterocycles. The van der Waals surface area contributed by atoms with E-state index in [1.165, 1.54) is 128 Å². The van der Waals surface area contributed by atoms with E-state index < -0.39 is 0 Å². The molecule has 1 atom stereocenters. The lowest BCUT2D eigenvalue weighted by atomic mass is 10.0. The fourth-order valence-corrected chi connectivity index (χ4v) is 8.35. The summed E-state index contributed by atoms with van der Waals surface area (Å²) in [5, 5.41) is 0. The highest BCUT2D eigenvalue weighted by Crippen LogP contribution is 2.19. The minimum Gasteiger partial charge on any atom is -0.468 e. The number of hydrogen-bond acceptors (Lipinski definition) is 9. The fourth-order valence-electron chi connectivity index (χ4n) is 8.35. The van der Waals surface area contributed by atoms with Gasteiger partial charge >= 0.3 is 11.9 Å². The molecule has 1 unspecified atom stereocenters. The molecule has 2 rings (SSSR count). The van der Waals surface area contributed by atoms with Crippen LogP contribution in [0.4, 0.5) is 0 Å². The van der Waals surface area contributed by atoms with Gasteiger partial charge in [-0.25, -0.2) is 4.98 Å². The molecule has 0 aromatic carbocycles. The molecule has 0 aliphatic carbocycles. The summed E-state index contributed by atoms with van der Waals surface area (Å²) in [4.78, 5) is 40.8. The molecule has 1 aromatic rings. The van der Waals surface area contributed by atoms with E-state index in [-0.39, 0.29) is 18.0 Å². The van der Waals surface area contributed by atoms with Gasteiger partial charge in [0, 0.05) is 51.5 Å². The normalized spacial score (nSPS) is 13.9. The average molecular weight is 890 g/mol. The quantitative estimate of drug-likeness (QED) is 0.0274. The Balaban J connectivity index is 0.000000634. The second-order valence-corrected chi connectivity index (χ2v) is 18.3. The number of aryl methyl sites for hydroxylation is 1. The van der Waals surface area contributed by atoms with E-state index in [0.29, 0.717) is 38.6 Å². The summed E-state index contributed by atoms with van der Waals surface area (Å²) < 4.78 is 24.1. The SMILES string of the molecule is CCCCCCCCC(CCCCCCCC)OC(=O)CCCCCCCOC=O.CCCCCCCCCCCOC(=O)CCCCCN1CCC(OCCCn2ccnc2)C1. The van der Waals surface area contributed by atoms with E-state index >= 15 is 0 Å². The van der Waals surface area contributed by atoms with Crippen LogP contribution in [-0.4, -0.2) is 84.5 Å². The summed E-state index contributed by atoms with van der Waals surface area (Å²) in [5.41, 5.74) is 0. The molecule has 1 aliphatic rings. The lowest BCUT2D eigenvalue weighted by Crippen LogP contribution is -2.24. The fraction of sp³-hybridized carbons (Fsp3) is 0.887. The first-order valence-electron chi connectivity index (χ1n) is 26.7. The van der Waals surface area contributed by atoms with E-state index in [4.69, 9.17) is 14.2 Å². The van der Waals surface area contributed by atoms with Crippen LogP contribution in [0.5, 0.6) is 0 Å². The van der Waals surface area contributed by atoms with Crippen molar-refractivity contribution in [1.82, 2.24) is 14.5 Å². The molecule has 10 nitrogen and oxygen atoms in total. The third kappa shape index (κ3) is 39.6. The summed E-state index contributed by atoms with van der Waals surface area (Å²) in [6.07, 6.45) is 46.7. The van der Waals surface area contributed by atoms with E-state index in [2.05, 4.69) is 40.0 Å². The van der Waals surface area contributed by atoms with Crippen molar-refractivity contribution in [1.29, 1.82) is 0 Å². The van der Waals surface area contributed by atoms with Gasteiger partial charge in [0.05, 0.1) is 25.6 Å². The maximum absolute atomic E-state index is 12.3. The smallest absolute Gasteiger partial charge is 0.306 e. The van der Waals surface area contributed by atoms with Crippen molar-refractivity contribution < 1.29 is 33.3 Å². The lowest BCUT2D eigenvalue weighted by molar-refractivity contribution is -0.150. The number of unbranched alkanes of at least 4 members (excludes halogenated alkanes) is 24. The van der Waals surface area contributed by atoms with Crippen LogP contribution in [0.3, 0.4) is 0 Å². The number of ether oxygens (including phenoxy) is 4. The monoisotopic (exact) mass is 890 g/mol. The van der Waals surface area contributed by atoms with Gasteiger partial charge in [-0.3, -0.25) is 14.4 Å². The summed E-state index contributed by atoms with van der Waals surface area (Å²) >= 11 is 0. The number of esters is 2. The van der Waals surface area contributed by atoms with Crippen LogP contribution in [-0.2, 0) is 39.9 Å². The Kier molecular flexibility index (Phi) is 42.8. The van der Waals surface area contributed by atoms with E-state index in [1.54, 1.807) is 0 Å². The molecule has 0 spiro atoms. The first-order valence-corrected chi connectivity index (χ1v) is 26.7. The summed E-state index contributed by atoms with van der Waals surface area (Å²) in [5.74, 6) is -0.0267. The molecule has 1 fully saturated rings. The van der Waals surface area contributed by atoms with Gasteiger partial charge in [-0.1, -0.05) is 162 Å². The van der Waals surface area contributed by atoms with E-state index in [0.717, 1.165) is 116 Å². The van der Waals surface area contributed by atoms with Crippen molar-refractivity contribution in [2.75, 3.05) is 39.5 Å². The Morgan fingerprint density at radius 1 is 0.603 bits per heavy atom.